The molecule has 2 aromatic carbocycles. The Labute approximate surface area is 206 Å². The van der Waals surface area contributed by atoms with Crippen LogP contribution in [0.3, 0.4) is 0 Å². The third-order valence-electron chi connectivity index (χ3n) is 7.70. The molecule has 1 saturated heterocycles. The van der Waals surface area contributed by atoms with Crippen LogP contribution in [0.1, 0.15) is 66.6 Å². The molecule has 2 aromatic rings. The lowest BCUT2D eigenvalue weighted by molar-refractivity contribution is 0.0927. The van der Waals surface area contributed by atoms with Crippen LogP contribution in [-0.4, -0.2) is 48.3 Å². The third-order valence-corrected chi connectivity index (χ3v) is 7.70. The number of amides is 1. The maximum Gasteiger partial charge on any atom is 0.251 e. The van der Waals surface area contributed by atoms with Crippen molar-refractivity contribution < 1.29 is 14.3 Å². The molecule has 0 spiro atoms. The van der Waals surface area contributed by atoms with Crippen LogP contribution >= 0.6 is 0 Å². The maximum absolute atomic E-state index is 14.9. The first-order chi connectivity index (χ1) is 17.1. The van der Waals surface area contributed by atoms with Gasteiger partial charge in [-0.3, -0.25) is 4.79 Å². The van der Waals surface area contributed by atoms with Gasteiger partial charge in [0.25, 0.3) is 5.91 Å². The monoisotopic (exact) mass is 478 g/mol. The molecule has 0 aromatic heterocycles. The molecule has 186 valence electrons. The Kier molecular flexibility index (Phi) is 6.95. The minimum absolute atomic E-state index is 0.00271. The molecule has 2 atom stereocenters. The average molecular weight is 479 g/mol. The summed E-state index contributed by atoms with van der Waals surface area (Å²) >= 11 is 0. The molecule has 0 saturated carbocycles. The summed E-state index contributed by atoms with van der Waals surface area (Å²) in [6.07, 6.45) is 6.39. The quantitative estimate of drug-likeness (QED) is 0.530. The fraction of sp³-hybridized carbons (Fsp3) is 0.464. The third kappa shape index (κ3) is 4.61. The van der Waals surface area contributed by atoms with Crippen molar-refractivity contribution in [1.29, 1.82) is 0 Å². The second-order valence-electron chi connectivity index (χ2n) is 9.85. The van der Waals surface area contributed by atoms with Crippen molar-refractivity contribution in [2.75, 3.05) is 31.3 Å². The van der Waals surface area contributed by atoms with Crippen molar-refractivity contribution in [3.8, 4) is 0 Å². The number of benzene rings is 2. The van der Waals surface area contributed by atoms with Crippen molar-refractivity contribution in [3.05, 3.63) is 71.2 Å². The van der Waals surface area contributed by atoms with Crippen LogP contribution in [0.15, 0.2) is 48.7 Å². The minimum atomic E-state index is -0.0979. The number of anilines is 1. The predicted octanol–water partition coefficient (Wildman–Crippen LogP) is 4.24. The standard InChI is InChI=1S/C28H35FN4O2/c1-2-4-21(13-16-34)31-28(35)20-7-9-22(10-8-20)32-14-11-19(12-15-32)27-26-23(5-3-6-24(26)29)25-17-30-18-33(25)27/h3,5-10,17,19,21,27,30,34H,2,4,11-16,18H2,1H3,(H,31,35). The Morgan fingerprint density at radius 3 is 2.66 bits per heavy atom. The molecule has 3 aliphatic heterocycles. The van der Waals surface area contributed by atoms with E-state index in [2.05, 4.69) is 27.4 Å². The van der Waals surface area contributed by atoms with Gasteiger partial charge in [0.1, 0.15) is 5.82 Å². The van der Waals surface area contributed by atoms with Gasteiger partial charge in [-0.05, 0) is 61.9 Å². The first kappa shape index (κ1) is 23.7. The van der Waals surface area contributed by atoms with Gasteiger partial charge in [-0.2, -0.15) is 0 Å². The smallest absolute Gasteiger partial charge is 0.251 e. The molecule has 2 unspecified atom stereocenters. The van der Waals surface area contributed by atoms with Crippen LogP contribution in [0.25, 0.3) is 5.70 Å². The molecule has 1 fully saturated rings. The van der Waals surface area contributed by atoms with Gasteiger partial charge in [-0.1, -0.05) is 25.5 Å². The number of rotatable bonds is 8. The number of fused-ring (bicyclic) bond motifs is 3. The molecule has 1 amide bonds. The first-order valence-electron chi connectivity index (χ1n) is 12.9. The number of halogens is 1. The van der Waals surface area contributed by atoms with Crippen molar-refractivity contribution >= 4 is 17.3 Å². The Balaban J connectivity index is 1.22. The highest BCUT2D eigenvalue weighted by Gasteiger charge is 2.42. The number of hydrogen-bond donors (Lipinski definition) is 3. The number of hydrogen-bond acceptors (Lipinski definition) is 5. The van der Waals surface area contributed by atoms with Crippen molar-refractivity contribution in [3.63, 3.8) is 0 Å². The SMILES string of the molecule is CCCC(CCO)NC(=O)c1ccc(N2CCC(C3c4c(F)cccc4C4=CNCN43)CC2)cc1. The highest BCUT2D eigenvalue weighted by atomic mass is 19.1. The van der Waals surface area contributed by atoms with Crippen molar-refractivity contribution in [1.82, 2.24) is 15.5 Å². The second-order valence-corrected chi connectivity index (χ2v) is 9.85. The van der Waals surface area contributed by atoms with Gasteiger partial charge in [0.2, 0.25) is 0 Å². The number of nitrogens with one attached hydrogen (secondary N) is 2. The number of piperidine rings is 1. The Bertz CT molecular complexity index is 1070. The van der Waals surface area contributed by atoms with Crippen molar-refractivity contribution in [2.24, 2.45) is 5.92 Å². The zero-order chi connectivity index (χ0) is 24.4. The van der Waals surface area contributed by atoms with Crippen LogP contribution in [0.5, 0.6) is 0 Å². The lowest BCUT2D eigenvalue weighted by Crippen LogP contribution is -2.39. The van der Waals surface area contributed by atoms with Gasteiger partial charge in [0, 0.05) is 54.3 Å². The topological polar surface area (TPSA) is 67.8 Å². The lowest BCUT2D eigenvalue weighted by atomic mass is 9.85. The van der Waals surface area contributed by atoms with Crippen LogP contribution in [-0.2, 0) is 0 Å². The van der Waals surface area contributed by atoms with Gasteiger partial charge >= 0.3 is 0 Å². The van der Waals surface area contributed by atoms with E-state index in [-0.39, 0.29) is 30.4 Å². The zero-order valence-electron chi connectivity index (χ0n) is 20.3. The number of carbonyl (C=O) groups excluding carboxylic acids is 1. The summed E-state index contributed by atoms with van der Waals surface area (Å²) in [5.74, 6) is 0.200. The van der Waals surface area contributed by atoms with Gasteiger partial charge < -0.3 is 25.5 Å². The van der Waals surface area contributed by atoms with Crippen LogP contribution in [0.2, 0.25) is 0 Å². The Hall–Kier alpha value is -3.06. The van der Waals surface area contributed by atoms with Crippen LogP contribution in [0, 0.1) is 11.7 Å². The second kappa shape index (κ2) is 10.3. The number of aliphatic hydroxyl groups excluding tert-OH is 1. The van der Waals surface area contributed by atoms with Gasteiger partial charge in [-0.15, -0.1) is 0 Å². The highest BCUT2D eigenvalue weighted by Crippen LogP contribution is 2.49. The van der Waals surface area contributed by atoms with Gasteiger partial charge in [0.15, 0.2) is 0 Å². The first-order valence-corrected chi connectivity index (χ1v) is 12.9. The average Bonchev–Trinajstić information content (AvgIpc) is 3.47. The molecule has 0 bridgehead atoms. The number of nitrogens with zero attached hydrogens (tertiary/aromatic N) is 2. The fourth-order valence-corrected chi connectivity index (χ4v) is 5.96. The molecule has 0 radical (unpaired) electrons. The largest absolute Gasteiger partial charge is 0.396 e. The number of aliphatic hydroxyl groups is 1. The molecule has 35 heavy (non-hydrogen) atoms. The van der Waals surface area contributed by atoms with E-state index in [0.29, 0.717) is 17.9 Å². The van der Waals surface area contributed by atoms with E-state index in [1.54, 1.807) is 12.1 Å². The summed E-state index contributed by atoms with van der Waals surface area (Å²) in [6, 6.07) is 13.3. The van der Waals surface area contributed by atoms with Crippen LogP contribution < -0.4 is 15.5 Å². The molecule has 3 aliphatic rings. The highest BCUT2D eigenvalue weighted by molar-refractivity contribution is 5.94. The van der Waals surface area contributed by atoms with E-state index in [1.165, 1.54) is 0 Å². The van der Waals surface area contributed by atoms with Crippen LogP contribution in [0.4, 0.5) is 10.1 Å². The van der Waals surface area contributed by atoms with Gasteiger partial charge in [-0.25, -0.2) is 4.39 Å². The fourth-order valence-electron chi connectivity index (χ4n) is 5.96. The zero-order valence-corrected chi connectivity index (χ0v) is 20.3. The molecule has 7 heteroatoms. The van der Waals surface area contributed by atoms with E-state index >= 15 is 0 Å². The van der Waals surface area contributed by atoms with E-state index in [9.17, 15) is 14.3 Å². The summed E-state index contributed by atoms with van der Waals surface area (Å²) in [5, 5.41) is 15.6. The lowest BCUT2D eigenvalue weighted by Gasteiger charge is -2.39. The summed E-state index contributed by atoms with van der Waals surface area (Å²) in [4.78, 5) is 17.3. The van der Waals surface area contributed by atoms with E-state index in [1.807, 2.05) is 36.5 Å². The Morgan fingerprint density at radius 1 is 1.17 bits per heavy atom. The molecule has 5 rings (SSSR count). The Morgan fingerprint density at radius 2 is 1.94 bits per heavy atom. The maximum atomic E-state index is 14.9. The van der Waals surface area contributed by atoms with E-state index in [0.717, 1.165) is 68.0 Å². The molecule has 3 N–H and O–H groups in total. The predicted molar refractivity (Wildman–Crippen MR) is 136 cm³/mol. The molecular formula is C28H35FN4O2. The van der Waals surface area contributed by atoms with Gasteiger partial charge in [0.05, 0.1) is 18.4 Å². The molecule has 3 heterocycles. The normalized spacial score (nSPS) is 20.2. The van der Waals surface area contributed by atoms with Crippen molar-refractivity contribution in [2.45, 2.75) is 51.1 Å². The number of carbonyl (C=O) groups is 1. The minimum Gasteiger partial charge on any atom is -0.396 e. The molecule has 0 aliphatic carbocycles. The summed E-state index contributed by atoms with van der Waals surface area (Å²) in [6.45, 7) is 4.70. The molecular weight excluding hydrogens is 443 g/mol. The van der Waals surface area contributed by atoms with E-state index in [4.69, 9.17) is 0 Å². The molecule has 6 nitrogen and oxygen atoms in total. The summed E-state index contributed by atoms with van der Waals surface area (Å²) < 4.78 is 14.9. The van der Waals surface area contributed by atoms with E-state index < -0.39 is 0 Å². The summed E-state index contributed by atoms with van der Waals surface area (Å²) in [7, 11) is 0. The summed E-state index contributed by atoms with van der Waals surface area (Å²) in [5.41, 5.74) is 4.75.